The summed E-state index contributed by atoms with van der Waals surface area (Å²) in [5, 5.41) is 10.1. The van der Waals surface area contributed by atoms with E-state index in [1.807, 2.05) is 0 Å². The second kappa shape index (κ2) is 5.83. The maximum Gasteiger partial charge on any atom is 0.258 e. The molecule has 2 fully saturated rings. The standard InChI is InChI=1S/C13H22N4O2S/c18-20(19,17-12-4-2-1-3-5-12)13-10(9-15-16-13)8-14-11-6-7-11/h9,11-12,14,17H,1-8H2,(H,15,16). The Kier molecular flexibility index (Phi) is 4.09. The third-order valence-electron chi connectivity index (χ3n) is 4.03. The van der Waals surface area contributed by atoms with Gasteiger partial charge in [0, 0.05) is 24.2 Å². The molecule has 1 aromatic rings. The predicted molar refractivity (Wildman–Crippen MR) is 75.6 cm³/mol. The van der Waals surface area contributed by atoms with Gasteiger partial charge in [0.25, 0.3) is 10.0 Å². The molecule has 0 aliphatic heterocycles. The molecule has 1 aromatic heterocycles. The molecule has 0 bridgehead atoms. The van der Waals surface area contributed by atoms with Crippen molar-refractivity contribution in [2.75, 3.05) is 0 Å². The first-order valence-corrected chi connectivity index (χ1v) is 8.91. The molecule has 2 aliphatic carbocycles. The van der Waals surface area contributed by atoms with Crippen LogP contribution in [0.3, 0.4) is 0 Å². The Hall–Kier alpha value is -0.920. The highest BCUT2D eigenvalue weighted by atomic mass is 32.2. The molecule has 0 radical (unpaired) electrons. The molecule has 0 amide bonds. The van der Waals surface area contributed by atoms with Gasteiger partial charge in [-0.15, -0.1) is 0 Å². The van der Waals surface area contributed by atoms with Crippen molar-refractivity contribution in [1.29, 1.82) is 0 Å². The third-order valence-corrected chi connectivity index (χ3v) is 5.57. The van der Waals surface area contributed by atoms with Crippen LogP contribution in [0.4, 0.5) is 0 Å². The normalized spacial score (nSPS) is 21.2. The Balaban J connectivity index is 1.67. The lowest BCUT2D eigenvalue weighted by Crippen LogP contribution is -2.37. The van der Waals surface area contributed by atoms with Crippen molar-refractivity contribution in [3.63, 3.8) is 0 Å². The molecular formula is C13H22N4O2S. The van der Waals surface area contributed by atoms with Crippen LogP contribution in [0.15, 0.2) is 11.2 Å². The van der Waals surface area contributed by atoms with Crippen LogP contribution >= 0.6 is 0 Å². The molecule has 1 heterocycles. The number of nitrogens with zero attached hydrogens (tertiary/aromatic N) is 1. The summed E-state index contributed by atoms with van der Waals surface area (Å²) in [5.74, 6) is 0. The second-order valence-corrected chi connectivity index (χ2v) is 7.49. The molecule has 2 saturated carbocycles. The Morgan fingerprint density at radius 1 is 1.15 bits per heavy atom. The van der Waals surface area contributed by atoms with Gasteiger partial charge in [-0.3, -0.25) is 5.10 Å². The number of H-pyrrole nitrogens is 1. The Morgan fingerprint density at radius 2 is 1.90 bits per heavy atom. The lowest BCUT2D eigenvalue weighted by molar-refractivity contribution is 0.411. The largest absolute Gasteiger partial charge is 0.310 e. The van der Waals surface area contributed by atoms with Gasteiger partial charge >= 0.3 is 0 Å². The zero-order chi connectivity index (χ0) is 14.0. The first-order chi connectivity index (χ1) is 9.65. The molecule has 7 heteroatoms. The predicted octanol–water partition coefficient (Wildman–Crippen LogP) is 1.27. The summed E-state index contributed by atoms with van der Waals surface area (Å²) >= 11 is 0. The summed E-state index contributed by atoms with van der Waals surface area (Å²) in [6.07, 6.45) is 9.24. The average Bonchev–Trinajstić information content (AvgIpc) is 3.13. The second-order valence-electron chi connectivity index (χ2n) is 5.84. The monoisotopic (exact) mass is 298 g/mol. The van der Waals surface area contributed by atoms with Crippen molar-refractivity contribution in [2.24, 2.45) is 0 Å². The third kappa shape index (κ3) is 3.39. The molecule has 2 aliphatic rings. The molecule has 20 heavy (non-hydrogen) atoms. The van der Waals surface area contributed by atoms with Gasteiger partial charge in [0.2, 0.25) is 0 Å². The van der Waals surface area contributed by atoms with Crippen LogP contribution in [-0.4, -0.2) is 30.7 Å². The van der Waals surface area contributed by atoms with E-state index in [0.717, 1.165) is 31.2 Å². The van der Waals surface area contributed by atoms with Gasteiger partial charge in [-0.05, 0) is 25.7 Å². The molecule has 112 valence electrons. The number of aromatic nitrogens is 2. The van der Waals surface area contributed by atoms with E-state index >= 15 is 0 Å². The van der Waals surface area contributed by atoms with Crippen LogP contribution < -0.4 is 10.0 Å². The van der Waals surface area contributed by atoms with E-state index in [4.69, 9.17) is 0 Å². The van der Waals surface area contributed by atoms with Crippen molar-refractivity contribution in [3.05, 3.63) is 11.8 Å². The van der Waals surface area contributed by atoms with Crippen molar-refractivity contribution in [2.45, 2.75) is 68.6 Å². The maximum atomic E-state index is 12.4. The molecular weight excluding hydrogens is 276 g/mol. The zero-order valence-electron chi connectivity index (χ0n) is 11.6. The summed E-state index contributed by atoms with van der Waals surface area (Å²) in [5.41, 5.74) is 0.722. The molecule has 3 rings (SSSR count). The van der Waals surface area contributed by atoms with Crippen LogP contribution in [0.5, 0.6) is 0 Å². The van der Waals surface area contributed by atoms with Crippen molar-refractivity contribution in [1.82, 2.24) is 20.2 Å². The van der Waals surface area contributed by atoms with Gasteiger partial charge in [-0.25, -0.2) is 13.1 Å². The van der Waals surface area contributed by atoms with E-state index in [2.05, 4.69) is 20.2 Å². The van der Waals surface area contributed by atoms with Crippen LogP contribution in [0.2, 0.25) is 0 Å². The van der Waals surface area contributed by atoms with Crippen molar-refractivity contribution in [3.8, 4) is 0 Å². The lowest BCUT2D eigenvalue weighted by atomic mass is 9.96. The van der Waals surface area contributed by atoms with Gasteiger partial charge in [-0.2, -0.15) is 5.10 Å². The number of hydrogen-bond acceptors (Lipinski definition) is 4. The van der Waals surface area contributed by atoms with Crippen LogP contribution in [-0.2, 0) is 16.6 Å². The molecule has 0 saturated heterocycles. The van der Waals surface area contributed by atoms with E-state index in [-0.39, 0.29) is 11.1 Å². The van der Waals surface area contributed by atoms with E-state index in [1.54, 1.807) is 6.20 Å². The molecule has 0 spiro atoms. The fraction of sp³-hybridized carbons (Fsp3) is 0.769. The number of hydrogen-bond donors (Lipinski definition) is 3. The summed E-state index contributed by atoms with van der Waals surface area (Å²) in [4.78, 5) is 0. The van der Waals surface area contributed by atoms with Crippen molar-refractivity contribution < 1.29 is 8.42 Å². The fourth-order valence-electron chi connectivity index (χ4n) is 2.70. The first kappa shape index (κ1) is 14.0. The smallest absolute Gasteiger partial charge is 0.258 e. The van der Waals surface area contributed by atoms with E-state index in [1.165, 1.54) is 19.3 Å². The van der Waals surface area contributed by atoms with Gasteiger partial charge < -0.3 is 5.32 Å². The summed E-state index contributed by atoms with van der Waals surface area (Å²) in [6, 6.07) is 0.619. The fourth-order valence-corrected chi connectivity index (χ4v) is 4.13. The van der Waals surface area contributed by atoms with Crippen LogP contribution in [0, 0.1) is 0 Å². The van der Waals surface area contributed by atoms with E-state index < -0.39 is 10.0 Å². The number of rotatable bonds is 6. The lowest BCUT2D eigenvalue weighted by Gasteiger charge is -2.22. The Labute approximate surface area is 119 Å². The Morgan fingerprint density at radius 3 is 2.60 bits per heavy atom. The topological polar surface area (TPSA) is 86.9 Å². The maximum absolute atomic E-state index is 12.4. The SMILES string of the molecule is O=S(=O)(NC1CCCCC1)c1[nH]ncc1CNC1CC1. The molecule has 0 aromatic carbocycles. The number of aromatic amines is 1. The van der Waals surface area contributed by atoms with Gasteiger partial charge in [0.1, 0.15) is 0 Å². The highest BCUT2D eigenvalue weighted by Gasteiger charge is 2.27. The summed E-state index contributed by atoms with van der Waals surface area (Å²) in [6.45, 7) is 0.558. The summed E-state index contributed by atoms with van der Waals surface area (Å²) in [7, 11) is -3.48. The number of nitrogens with one attached hydrogen (secondary N) is 3. The van der Waals surface area contributed by atoms with E-state index in [9.17, 15) is 8.42 Å². The van der Waals surface area contributed by atoms with E-state index in [0.29, 0.717) is 12.6 Å². The molecule has 6 nitrogen and oxygen atoms in total. The van der Waals surface area contributed by atoms with Gasteiger partial charge in [0.05, 0.1) is 6.20 Å². The van der Waals surface area contributed by atoms with Gasteiger partial charge in [0.15, 0.2) is 5.03 Å². The number of sulfonamides is 1. The van der Waals surface area contributed by atoms with Crippen molar-refractivity contribution >= 4 is 10.0 Å². The minimum absolute atomic E-state index is 0.0706. The van der Waals surface area contributed by atoms with Crippen LogP contribution in [0.1, 0.15) is 50.5 Å². The molecule has 0 atom stereocenters. The Bertz CT molecular complexity index is 544. The van der Waals surface area contributed by atoms with Crippen LogP contribution in [0.25, 0.3) is 0 Å². The molecule has 3 N–H and O–H groups in total. The quantitative estimate of drug-likeness (QED) is 0.738. The zero-order valence-corrected chi connectivity index (χ0v) is 12.4. The minimum atomic E-state index is -3.48. The molecule has 0 unspecified atom stereocenters. The first-order valence-electron chi connectivity index (χ1n) is 7.43. The highest BCUT2D eigenvalue weighted by Crippen LogP contribution is 2.22. The summed E-state index contributed by atoms with van der Waals surface area (Å²) < 4.78 is 27.7. The minimum Gasteiger partial charge on any atom is -0.310 e. The highest BCUT2D eigenvalue weighted by molar-refractivity contribution is 7.89. The average molecular weight is 298 g/mol. The van der Waals surface area contributed by atoms with Gasteiger partial charge in [-0.1, -0.05) is 19.3 Å².